The number of hydrogen-bond donors (Lipinski definition) is 1. The Labute approximate surface area is 73.4 Å². The van der Waals surface area contributed by atoms with Crippen LogP contribution in [0, 0.1) is 11.8 Å². The minimum absolute atomic E-state index is 0.0856. The average Bonchev–Trinajstić information content (AvgIpc) is 2.50. The Balaban J connectivity index is 2.41. The summed E-state index contributed by atoms with van der Waals surface area (Å²) in [5.41, 5.74) is 0. The van der Waals surface area contributed by atoms with Gasteiger partial charge in [0.05, 0.1) is 0 Å². The van der Waals surface area contributed by atoms with Gasteiger partial charge in [-0.05, 0) is 6.42 Å². The number of hydrogen-bond acceptors (Lipinski definition) is 2. The van der Waals surface area contributed by atoms with Gasteiger partial charge in [0.25, 0.3) is 0 Å². The van der Waals surface area contributed by atoms with E-state index in [-0.39, 0.29) is 18.4 Å². The fraction of sp³-hybridized carbons (Fsp3) is 0.889. The number of likely N-dealkylation sites (tertiary alicyclic amines) is 1. The van der Waals surface area contributed by atoms with Crippen LogP contribution in [0.5, 0.6) is 0 Å². The first-order valence-corrected chi connectivity index (χ1v) is 4.54. The lowest BCUT2D eigenvalue weighted by molar-refractivity contribution is -0.133. The van der Waals surface area contributed by atoms with Crippen LogP contribution in [-0.4, -0.2) is 35.6 Å². The van der Waals surface area contributed by atoms with E-state index in [1.165, 1.54) is 0 Å². The second-order valence-electron chi connectivity index (χ2n) is 3.78. The number of carbonyl (C=O) groups is 1. The molecule has 0 saturated carbocycles. The summed E-state index contributed by atoms with van der Waals surface area (Å²) in [6, 6.07) is 0. The number of aliphatic hydroxyl groups excluding tert-OH is 1. The second kappa shape index (κ2) is 3.90. The van der Waals surface area contributed by atoms with Crippen molar-refractivity contribution in [2.24, 2.45) is 11.8 Å². The molecule has 1 aliphatic rings. The standard InChI is InChI=1S/C9H17NO2/c1-7(2)9(12)10-4-3-8(5-10)6-11/h7-8,11H,3-6H2,1-2H3. The summed E-state index contributed by atoms with van der Waals surface area (Å²) in [6.45, 7) is 5.60. The molecule has 12 heavy (non-hydrogen) atoms. The van der Waals surface area contributed by atoms with Crippen molar-refractivity contribution in [3.05, 3.63) is 0 Å². The molecule has 3 nitrogen and oxygen atoms in total. The van der Waals surface area contributed by atoms with Crippen LogP contribution in [0.15, 0.2) is 0 Å². The highest BCUT2D eigenvalue weighted by molar-refractivity contribution is 5.78. The van der Waals surface area contributed by atoms with Crippen LogP contribution in [0.4, 0.5) is 0 Å². The monoisotopic (exact) mass is 171 g/mol. The van der Waals surface area contributed by atoms with Crippen LogP contribution in [0.3, 0.4) is 0 Å². The number of rotatable bonds is 2. The normalized spacial score (nSPS) is 23.7. The number of amides is 1. The average molecular weight is 171 g/mol. The molecule has 1 amide bonds. The highest BCUT2D eigenvalue weighted by Crippen LogP contribution is 2.17. The maximum atomic E-state index is 11.5. The van der Waals surface area contributed by atoms with E-state index in [1.807, 2.05) is 18.7 Å². The van der Waals surface area contributed by atoms with E-state index in [1.54, 1.807) is 0 Å². The van der Waals surface area contributed by atoms with Crippen molar-refractivity contribution >= 4 is 5.91 Å². The molecular formula is C9H17NO2. The summed E-state index contributed by atoms with van der Waals surface area (Å²) in [5.74, 6) is 0.612. The largest absolute Gasteiger partial charge is 0.396 e. The van der Waals surface area contributed by atoms with Gasteiger partial charge in [-0.25, -0.2) is 0 Å². The first-order valence-electron chi connectivity index (χ1n) is 4.54. The van der Waals surface area contributed by atoms with Crippen molar-refractivity contribution in [2.45, 2.75) is 20.3 Å². The first-order chi connectivity index (χ1) is 5.65. The molecule has 0 radical (unpaired) electrons. The second-order valence-corrected chi connectivity index (χ2v) is 3.78. The molecule has 0 aromatic rings. The van der Waals surface area contributed by atoms with Crippen LogP contribution >= 0.6 is 0 Å². The predicted octanol–water partition coefficient (Wildman–Crippen LogP) is 0.483. The van der Waals surface area contributed by atoms with Gasteiger partial charge in [-0.15, -0.1) is 0 Å². The number of aliphatic hydroxyl groups is 1. The quantitative estimate of drug-likeness (QED) is 0.656. The molecule has 1 unspecified atom stereocenters. The molecule has 1 fully saturated rings. The van der Waals surface area contributed by atoms with Crippen molar-refractivity contribution in [1.82, 2.24) is 4.90 Å². The molecule has 70 valence electrons. The van der Waals surface area contributed by atoms with E-state index < -0.39 is 0 Å². The maximum Gasteiger partial charge on any atom is 0.225 e. The Morgan fingerprint density at radius 3 is 2.75 bits per heavy atom. The Bertz CT molecular complexity index is 168. The zero-order valence-corrected chi connectivity index (χ0v) is 7.79. The van der Waals surface area contributed by atoms with Crippen molar-refractivity contribution in [2.75, 3.05) is 19.7 Å². The van der Waals surface area contributed by atoms with E-state index in [0.717, 1.165) is 19.5 Å². The highest BCUT2D eigenvalue weighted by atomic mass is 16.3. The predicted molar refractivity (Wildman–Crippen MR) is 46.6 cm³/mol. The molecule has 0 aliphatic carbocycles. The van der Waals surface area contributed by atoms with Crippen LogP contribution in [-0.2, 0) is 4.79 Å². The van der Waals surface area contributed by atoms with Crippen molar-refractivity contribution in [3.63, 3.8) is 0 Å². The van der Waals surface area contributed by atoms with Gasteiger partial charge >= 0.3 is 0 Å². The van der Waals surface area contributed by atoms with Crippen LogP contribution in [0.2, 0.25) is 0 Å². The molecule has 1 aliphatic heterocycles. The minimum atomic E-state index is 0.0856. The molecule has 1 rings (SSSR count). The van der Waals surface area contributed by atoms with Gasteiger partial charge < -0.3 is 10.0 Å². The smallest absolute Gasteiger partial charge is 0.225 e. The maximum absolute atomic E-state index is 11.5. The highest BCUT2D eigenvalue weighted by Gasteiger charge is 2.26. The van der Waals surface area contributed by atoms with Crippen LogP contribution in [0.25, 0.3) is 0 Å². The fourth-order valence-corrected chi connectivity index (χ4v) is 1.55. The zero-order chi connectivity index (χ0) is 9.14. The zero-order valence-electron chi connectivity index (χ0n) is 7.79. The SMILES string of the molecule is CC(C)C(=O)N1CCC(CO)C1. The lowest BCUT2D eigenvalue weighted by Crippen LogP contribution is -2.32. The van der Waals surface area contributed by atoms with E-state index in [9.17, 15) is 4.79 Å². The van der Waals surface area contributed by atoms with Gasteiger partial charge in [0.15, 0.2) is 0 Å². The van der Waals surface area contributed by atoms with Crippen LogP contribution < -0.4 is 0 Å². The summed E-state index contributed by atoms with van der Waals surface area (Å²) in [6.07, 6.45) is 0.953. The van der Waals surface area contributed by atoms with Gasteiger partial charge in [0.1, 0.15) is 0 Å². The summed E-state index contributed by atoms with van der Waals surface area (Å²) in [4.78, 5) is 13.3. The molecular weight excluding hydrogens is 154 g/mol. The topological polar surface area (TPSA) is 40.5 Å². The molecule has 1 saturated heterocycles. The number of carbonyl (C=O) groups excluding carboxylic acids is 1. The van der Waals surface area contributed by atoms with Crippen molar-refractivity contribution in [1.29, 1.82) is 0 Å². The van der Waals surface area contributed by atoms with Crippen molar-refractivity contribution in [3.8, 4) is 0 Å². The third-order valence-electron chi connectivity index (χ3n) is 2.35. The fourth-order valence-electron chi connectivity index (χ4n) is 1.55. The van der Waals surface area contributed by atoms with Gasteiger partial charge in [-0.3, -0.25) is 4.79 Å². The third kappa shape index (κ3) is 1.97. The number of nitrogens with zero attached hydrogens (tertiary/aromatic N) is 1. The van der Waals surface area contributed by atoms with Gasteiger partial charge in [0, 0.05) is 31.5 Å². The van der Waals surface area contributed by atoms with E-state index in [0.29, 0.717) is 5.92 Å². The Kier molecular flexibility index (Phi) is 3.09. The lowest BCUT2D eigenvalue weighted by atomic mass is 10.1. The molecule has 1 atom stereocenters. The first kappa shape index (κ1) is 9.52. The summed E-state index contributed by atoms with van der Waals surface area (Å²) in [7, 11) is 0. The summed E-state index contributed by atoms with van der Waals surface area (Å²) < 4.78 is 0. The lowest BCUT2D eigenvalue weighted by Gasteiger charge is -2.18. The van der Waals surface area contributed by atoms with Gasteiger partial charge in [-0.2, -0.15) is 0 Å². The summed E-state index contributed by atoms with van der Waals surface area (Å²) in [5, 5.41) is 8.87. The Morgan fingerprint density at radius 1 is 1.67 bits per heavy atom. The molecule has 1 N–H and O–H groups in total. The van der Waals surface area contributed by atoms with Gasteiger partial charge in [-0.1, -0.05) is 13.8 Å². The van der Waals surface area contributed by atoms with E-state index >= 15 is 0 Å². The molecule has 0 bridgehead atoms. The molecule has 3 heteroatoms. The molecule has 0 aromatic carbocycles. The van der Waals surface area contributed by atoms with Crippen LogP contribution in [0.1, 0.15) is 20.3 Å². The minimum Gasteiger partial charge on any atom is -0.396 e. The molecule has 0 spiro atoms. The van der Waals surface area contributed by atoms with E-state index in [4.69, 9.17) is 5.11 Å². The van der Waals surface area contributed by atoms with Crippen molar-refractivity contribution < 1.29 is 9.90 Å². The molecule has 0 aromatic heterocycles. The molecule has 1 heterocycles. The van der Waals surface area contributed by atoms with Gasteiger partial charge in [0.2, 0.25) is 5.91 Å². The van der Waals surface area contributed by atoms with E-state index in [2.05, 4.69) is 0 Å². The third-order valence-corrected chi connectivity index (χ3v) is 2.35. The Hall–Kier alpha value is -0.570. The summed E-state index contributed by atoms with van der Waals surface area (Å²) >= 11 is 0. The Morgan fingerprint density at radius 2 is 2.33 bits per heavy atom.